The van der Waals surface area contributed by atoms with E-state index in [9.17, 15) is 4.39 Å². The van der Waals surface area contributed by atoms with Gasteiger partial charge in [0.05, 0.1) is 0 Å². The summed E-state index contributed by atoms with van der Waals surface area (Å²) >= 11 is 8.93. The highest BCUT2D eigenvalue weighted by Crippen LogP contribution is 2.15. The van der Waals surface area contributed by atoms with Gasteiger partial charge in [-0.25, -0.2) is 4.39 Å². The maximum absolute atomic E-state index is 13.4. The third kappa shape index (κ3) is 6.39. The van der Waals surface area contributed by atoms with Crippen molar-refractivity contribution in [3.63, 3.8) is 0 Å². The Bertz CT molecular complexity index is 333. The fraction of sp³-hybridized carbons (Fsp3) is 0.538. The summed E-state index contributed by atoms with van der Waals surface area (Å²) in [6.07, 6.45) is 4.56. The first-order valence-electron chi connectivity index (χ1n) is 5.94. The summed E-state index contributed by atoms with van der Waals surface area (Å²) in [4.78, 5) is 0. The van der Waals surface area contributed by atoms with E-state index in [1.165, 1.54) is 18.9 Å². The van der Waals surface area contributed by atoms with Crippen LogP contribution in [-0.2, 0) is 6.54 Å². The zero-order chi connectivity index (χ0) is 12.5. The van der Waals surface area contributed by atoms with Crippen LogP contribution >= 0.6 is 27.5 Å². The molecule has 0 heterocycles. The van der Waals surface area contributed by atoms with Crippen molar-refractivity contribution in [2.75, 3.05) is 12.4 Å². The van der Waals surface area contributed by atoms with E-state index in [0.29, 0.717) is 12.1 Å². The van der Waals surface area contributed by atoms with Crippen molar-refractivity contribution in [2.45, 2.75) is 32.2 Å². The van der Waals surface area contributed by atoms with Crippen molar-refractivity contribution >= 4 is 27.5 Å². The summed E-state index contributed by atoms with van der Waals surface area (Å²) in [5, 5.41) is 3.25. The molecule has 0 atom stereocenters. The van der Waals surface area contributed by atoms with Crippen LogP contribution in [0.5, 0.6) is 0 Å². The Hall–Kier alpha value is -0.120. The number of unbranched alkanes of at least 4 members (excludes halogenated alkanes) is 3. The number of hydrogen-bond acceptors (Lipinski definition) is 1. The van der Waals surface area contributed by atoms with Crippen LogP contribution in [0.3, 0.4) is 0 Å². The van der Waals surface area contributed by atoms with Crippen molar-refractivity contribution in [1.82, 2.24) is 5.32 Å². The average Bonchev–Trinajstić information content (AvgIpc) is 2.32. The predicted molar refractivity (Wildman–Crippen MR) is 75.0 cm³/mol. The number of rotatable bonds is 8. The van der Waals surface area contributed by atoms with Gasteiger partial charge in [-0.15, -0.1) is 11.6 Å². The molecular weight excluding hydrogens is 305 g/mol. The van der Waals surface area contributed by atoms with Crippen molar-refractivity contribution < 1.29 is 4.39 Å². The summed E-state index contributed by atoms with van der Waals surface area (Å²) in [7, 11) is 0. The van der Waals surface area contributed by atoms with E-state index >= 15 is 0 Å². The maximum atomic E-state index is 13.4. The Labute approximate surface area is 116 Å². The zero-order valence-electron chi connectivity index (χ0n) is 9.82. The lowest BCUT2D eigenvalue weighted by Crippen LogP contribution is -2.15. The minimum Gasteiger partial charge on any atom is -0.313 e. The van der Waals surface area contributed by atoms with E-state index in [4.69, 9.17) is 11.6 Å². The fourth-order valence-electron chi connectivity index (χ4n) is 1.60. The first-order valence-corrected chi connectivity index (χ1v) is 7.27. The number of nitrogens with one attached hydrogen (secondary N) is 1. The van der Waals surface area contributed by atoms with Gasteiger partial charge in [0.2, 0.25) is 0 Å². The van der Waals surface area contributed by atoms with Gasteiger partial charge in [-0.3, -0.25) is 0 Å². The molecule has 0 saturated carbocycles. The number of benzene rings is 1. The Kier molecular flexibility index (Phi) is 7.82. The molecule has 0 fully saturated rings. The summed E-state index contributed by atoms with van der Waals surface area (Å²) in [6, 6.07) is 5.02. The molecule has 1 nitrogen and oxygen atoms in total. The van der Waals surface area contributed by atoms with Crippen LogP contribution in [0.25, 0.3) is 0 Å². The quantitative estimate of drug-likeness (QED) is 0.550. The molecule has 1 aromatic rings. The molecule has 0 aromatic heterocycles. The van der Waals surface area contributed by atoms with Crippen molar-refractivity contribution in [1.29, 1.82) is 0 Å². The second kappa shape index (κ2) is 8.90. The normalized spacial score (nSPS) is 10.8. The van der Waals surface area contributed by atoms with E-state index < -0.39 is 0 Å². The van der Waals surface area contributed by atoms with Crippen molar-refractivity contribution in [2.24, 2.45) is 0 Å². The number of hydrogen-bond donors (Lipinski definition) is 1. The van der Waals surface area contributed by atoms with Crippen LogP contribution in [0.4, 0.5) is 4.39 Å². The molecule has 0 unspecified atom stereocenters. The summed E-state index contributed by atoms with van der Waals surface area (Å²) < 4.78 is 14.3. The smallest absolute Gasteiger partial charge is 0.127 e. The Balaban J connectivity index is 2.15. The SMILES string of the molecule is Fc1ccc(Br)cc1CNCCCCCCCl. The van der Waals surface area contributed by atoms with E-state index in [0.717, 1.165) is 29.7 Å². The van der Waals surface area contributed by atoms with Crippen LogP contribution in [0, 0.1) is 5.82 Å². The van der Waals surface area contributed by atoms with E-state index in [1.807, 2.05) is 6.07 Å². The van der Waals surface area contributed by atoms with E-state index in [1.54, 1.807) is 6.07 Å². The van der Waals surface area contributed by atoms with Crippen molar-refractivity contribution in [3.8, 4) is 0 Å². The molecule has 1 N–H and O–H groups in total. The predicted octanol–water partition coefficient (Wildman–Crippen LogP) is 4.48. The van der Waals surface area contributed by atoms with Crippen LogP contribution < -0.4 is 5.32 Å². The maximum Gasteiger partial charge on any atom is 0.127 e. The molecule has 1 aromatic carbocycles. The molecule has 17 heavy (non-hydrogen) atoms. The summed E-state index contributed by atoms with van der Waals surface area (Å²) in [6.45, 7) is 1.51. The molecule has 4 heteroatoms. The van der Waals surface area contributed by atoms with Crippen molar-refractivity contribution in [3.05, 3.63) is 34.1 Å². The van der Waals surface area contributed by atoms with Gasteiger partial charge in [0.1, 0.15) is 5.82 Å². The molecular formula is C13H18BrClFN. The first-order chi connectivity index (χ1) is 8.24. The van der Waals surface area contributed by atoms with Crippen LogP contribution in [0.1, 0.15) is 31.2 Å². The van der Waals surface area contributed by atoms with Gasteiger partial charge in [-0.1, -0.05) is 28.8 Å². The number of alkyl halides is 1. The van der Waals surface area contributed by atoms with Gasteiger partial charge in [0, 0.05) is 22.5 Å². The molecule has 0 aliphatic heterocycles. The average molecular weight is 323 g/mol. The second-order valence-electron chi connectivity index (χ2n) is 4.02. The monoisotopic (exact) mass is 321 g/mol. The third-order valence-corrected chi connectivity index (χ3v) is 3.32. The van der Waals surface area contributed by atoms with Gasteiger partial charge in [0.25, 0.3) is 0 Å². The molecule has 0 bridgehead atoms. The number of halogens is 3. The van der Waals surface area contributed by atoms with Crippen LogP contribution in [0.15, 0.2) is 22.7 Å². The molecule has 0 radical (unpaired) electrons. The van der Waals surface area contributed by atoms with Crippen LogP contribution in [-0.4, -0.2) is 12.4 Å². The molecule has 0 aliphatic carbocycles. The highest BCUT2D eigenvalue weighted by molar-refractivity contribution is 9.10. The zero-order valence-corrected chi connectivity index (χ0v) is 12.2. The fourth-order valence-corrected chi connectivity index (χ4v) is 2.20. The van der Waals surface area contributed by atoms with Gasteiger partial charge in [-0.05, 0) is 37.6 Å². The molecule has 0 saturated heterocycles. The second-order valence-corrected chi connectivity index (χ2v) is 5.31. The third-order valence-electron chi connectivity index (χ3n) is 2.56. The minimum atomic E-state index is -0.150. The highest BCUT2D eigenvalue weighted by Gasteiger charge is 2.01. The van der Waals surface area contributed by atoms with E-state index in [2.05, 4.69) is 21.2 Å². The topological polar surface area (TPSA) is 12.0 Å². The molecule has 1 rings (SSSR count). The minimum absolute atomic E-state index is 0.150. The van der Waals surface area contributed by atoms with Gasteiger partial charge >= 0.3 is 0 Å². The summed E-state index contributed by atoms with van der Waals surface area (Å²) in [5.74, 6) is 0.597. The largest absolute Gasteiger partial charge is 0.313 e. The Morgan fingerprint density at radius 3 is 2.71 bits per heavy atom. The van der Waals surface area contributed by atoms with Gasteiger partial charge in [0.15, 0.2) is 0 Å². The highest BCUT2D eigenvalue weighted by atomic mass is 79.9. The van der Waals surface area contributed by atoms with E-state index in [-0.39, 0.29) is 5.82 Å². The summed E-state index contributed by atoms with van der Waals surface area (Å²) in [5.41, 5.74) is 0.708. The lowest BCUT2D eigenvalue weighted by Gasteiger charge is -2.06. The molecule has 0 amide bonds. The standard InChI is InChI=1S/C13H18BrClFN/c14-12-5-6-13(16)11(9-12)10-17-8-4-2-1-3-7-15/h5-6,9,17H,1-4,7-8,10H2. The van der Waals surface area contributed by atoms with Gasteiger partial charge < -0.3 is 5.32 Å². The molecule has 0 spiro atoms. The molecule has 0 aliphatic rings. The van der Waals surface area contributed by atoms with Gasteiger partial charge in [-0.2, -0.15) is 0 Å². The van der Waals surface area contributed by atoms with Crippen LogP contribution in [0.2, 0.25) is 0 Å². The lowest BCUT2D eigenvalue weighted by atomic mass is 10.2. The Morgan fingerprint density at radius 1 is 1.18 bits per heavy atom. The Morgan fingerprint density at radius 2 is 1.94 bits per heavy atom. The molecule has 96 valence electrons. The first kappa shape index (κ1) is 14.9. The lowest BCUT2D eigenvalue weighted by molar-refractivity contribution is 0.567.